The predicted molar refractivity (Wildman–Crippen MR) is 184 cm³/mol. The molecule has 0 atom stereocenters. The molecule has 0 spiro atoms. The number of thioether (sulfide) groups is 2. The van der Waals surface area contributed by atoms with Gasteiger partial charge >= 0.3 is 0 Å². The maximum atomic E-state index is 5.83. The van der Waals surface area contributed by atoms with E-state index in [1.165, 1.54) is 15.1 Å². The van der Waals surface area contributed by atoms with Crippen LogP contribution in [0.4, 0.5) is 0 Å². The first-order valence-corrected chi connectivity index (χ1v) is 19.3. The molecule has 0 unspecified atom stereocenters. The van der Waals surface area contributed by atoms with Crippen LogP contribution in [0.2, 0.25) is 0 Å². The standard InChI is InChI=1S/C26H47N5O6S6/c1-5-40-23-22(27-26(38)30(23)9-7-12-36-18-15-33-3)41-31-42-24-25(43-31)29(10-13-37-19-16-34-4)21-39-20-28(24)8-6-11-35-17-14-32-2/h5-21H2,1-4H3,(H,27,38). The monoisotopic (exact) mass is 717 g/mol. The lowest BCUT2D eigenvalue weighted by atomic mass is 10.4. The molecule has 0 saturated carbocycles. The Morgan fingerprint density at radius 1 is 0.744 bits per heavy atom. The van der Waals surface area contributed by atoms with Gasteiger partial charge in [0.25, 0.3) is 0 Å². The molecule has 248 valence electrons. The second-order valence-corrected chi connectivity index (χ2v) is 15.4. The van der Waals surface area contributed by atoms with Gasteiger partial charge in [-0.3, -0.25) is 0 Å². The van der Waals surface area contributed by atoms with Crippen molar-refractivity contribution < 1.29 is 28.4 Å². The van der Waals surface area contributed by atoms with Crippen molar-refractivity contribution in [1.29, 1.82) is 0 Å². The summed E-state index contributed by atoms with van der Waals surface area (Å²) in [5.74, 6) is 2.82. The number of nitrogens with zero attached hydrogens (tertiary/aromatic N) is 4. The topological polar surface area (TPSA) is 85.8 Å². The zero-order valence-corrected chi connectivity index (χ0v) is 30.6. The minimum absolute atomic E-state index is 0.607. The van der Waals surface area contributed by atoms with Gasteiger partial charge in [-0.2, -0.15) is 0 Å². The van der Waals surface area contributed by atoms with E-state index in [1.807, 2.05) is 23.5 Å². The summed E-state index contributed by atoms with van der Waals surface area (Å²) in [5.41, 5.74) is 0. The van der Waals surface area contributed by atoms with Gasteiger partial charge < -0.3 is 47.8 Å². The molecule has 43 heavy (non-hydrogen) atoms. The lowest BCUT2D eigenvalue weighted by Crippen LogP contribution is -2.26. The van der Waals surface area contributed by atoms with Crippen molar-refractivity contribution in [3.63, 3.8) is 0 Å². The molecular formula is C26H47N5O6S6. The number of hydrogen-bond acceptors (Lipinski definition) is 15. The van der Waals surface area contributed by atoms with Crippen LogP contribution in [0.1, 0.15) is 19.8 Å². The van der Waals surface area contributed by atoms with Crippen LogP contribution in [0, 0.1) is 4.77 Å². The normalized spacial score (nSPS) is 16.0. The van der Waals surface area contributed by atoms with Crippen molar-refractivity contribution in [3.05, 3.63) is 14.8 Å². The Kier molecular flexibility index (Phi) is 19.9. The first-order valence-electron chi connectivity index (χ1n) is 14.4. The van der Waals surface area contributed by atoms with Gasteiger partial charge in [-0.05, 0) is 30.8 Å². The van der Waals surface area contributed by atoms with Crippen LogP contribution < -0.4 is 0 Å². The molecule has 3 rings (SSSR count). The lowest BCUT2D eigenvalue weighted by molar-refractivity contribution is 0.0640. The van der Waals surface area contributed by atoms with E-state index in [9.17, 15) is 0 Å². The van der Waals surface area contributed by atoms with Crippen LogP contribution >= 0.6 is 71.6 Å². The van der Waals surface area contributed by atoms with Gasteiger partial charge in [0, 0.05) is 90.0 Å². The Morgan fingerprint density at radius 3 is 1.88 bits per heavy atom. The van der Waals surface area contributed by atoms with Gasteiger partial charge in [0.1, 0.15) is 20.1 Å². The van der Waals surface area contributed by atoms with Crippen LogP contribution in [0.3, 0.4) is 0 Å². The number of rotatable bonds is 24. The number of methoxy groups -OCH3 is 3. The summed E-state index contributed by atoms with van der Waals surface area (Å²) in [6.07, 6.45) is 1.85. The summed E-state index contributed by atoms with van der Waals surface area (Å²) in [6.45, 7) is 10.5. The zero-order valence-electron chi connectivity index (χ0n) is 25.7. The van der Waals surface area contributed by atoms with Gasteiger partial charge in [0.2, 0.25) is 0 Å². The van der Waals surface area contributed by atoms with Gasteiger partial charge in [0.05, 0.1) is 58.0 Å². The molecule has 2 aliphatic heterocycles. The van der Waals surface area contributed by atoms with Crippen molar-refractivity contribution in [2.24, 2.45) is 0 Å². The summed E-state index contributed by atoms with van der Waals surface area (Å²) in [7, 11) is 5.09. The molecule has 2 aliphatic rings. The lowest BCUT2D eigenvalue weighted by Gasteiger charge is -2.24. The van der Waals surface area contributed by atoms with Crippen molar-refractivity contribution in [2.45, 2.75) is 36.4 Å². The Morgan fingerprint density at radius 2 is 1.30 bits per heavy atom. The fourth-order valence-corrected chi connectivity index (χ4v) is 10.4. The average molecular weight is 718 g/mol. The number of aromatic nitrogens is 2. The molecule has 0 aromatic carbocycles. The first kappa shape index (κ1) is 37.7. The summed E-state index contributed by atoms with van der Waals surface area (Å²) in [4.78, 5) is 8.43. The second-order valence-electron chi connectivity index (χ2n) is 9.27. The van der Waals surface area contributed by atoms with E-state index in [1.54, 1.807) is 57.2 Å². The number of nitrogens with one attached hydrogen (secondary N) is 1. The Labute approximate surface area is 283 Å². The number of H-pyrrole nitrogens is 1. The minimum atomic E-state index is 0.607. The molecule has 0 saturated heterocycles. The maximum absolute atomic E-state index is 5.83. The van der Waals surface area contributed by atoms with Crippen molar-refractivity contribution >= 4 is 71.6 Å². The summed E-state index contributed by atoms with van der Waals surface area (Å²) < 4.78 is 37.8. The van der Waals surface area contributed by atoms with Crippen LogP contribution in [0.5, 0.6) is 0 Å². The van der Waals surface area contributed by atoms with E-state index in [4.69, 9.17) is 40.6 Å². The van der Waals surface area contributed by atoms with E-state index in [2.05, 4.69) is 29.4 Å². The highest BCUT2D eigenvalue weighted by atomic mass is 32.3. The number of imidazole rings is 1. The second kappa shape index (κ2) is 22.7. The molecule has 0 aliphatic carbocycles. The third kappa shape index (κ3) is 13.1. The molecule has 0 bridgehead atoms. The number of aromatic amines is 1. The van der Waals surface area contributed by atoms with Gasteiger partial charge in [-0.25, -0.2) is 0 Å². The quantitative estimate of drug-likeness (QED) is 0.0638. The highest BCUT2D eigenvalue weighted by Crippen LogP contribution is 2.54. The average Bonchev–Trinajstić information content (AvgIpc) is 3.49. The smallest absolute Gasteiger partial charge is 0.178 e. The van der Waals surface area contributed by atoms with E-state index >= 15 is 0 Å². The van der Waals surface area contributed by atoms with Crippen molar-refractivity contribution in [1.82, 2.24) is 22.5 Å². The Bertz CT molecular complexity index is 1000. The van der Waals surface area contributed by atoms with Gasteiger partial charge in [-0.15, -0.1) is 26.6 Å². The highest BCUT2D eigenvalue weighted by molar-refractivity contribution is 8.30. The molecule has 17 heteroatoms. The fraction of sp³-hybridized carbons (Fsp3) is 0.808. The molecule has 1 aromatic heterocycles. The van der Waals surface area contributed by atoms with Crippen molar-refractivity contribution in [3.8, 4) is 0 Å². The highest BCUT2D eigenvalue weighted by Gasteiger charge is 2.35. The van der Waals surface area contributed by atoms with E-state index in [0.29, 0.717) is 52.9 Å². The molecule has 1 aromatic rings. The maximum Gasteiger partial charge on any atom is 0.178 e. The summed E-state index contributed by atoms with van der Waals surface area (Å²) >= 11 is 14.8. The molecule has 0 radical (unpaired) electrons. The SMILES string of the molecule is CCSc1c(SN2SC3=C(S2)N(CCOCCOC)CSCN3CCCOCCOC)[nH]c(=S)n1CCCOCCOC. The largest absolute Gasteiger partial charge is 0.382 e. The third-order valence-electron chi connectivity index (χ3n) is 6.11. The van der Waals surface area contributed by atoms with Crippen LogP contribution in [0.15, 0.2) is 20.1 Å². The minimum Gasteiger partial charge on any atom is -0.382 e. The Hall–Kier alpha value is 0.240. The first-order chi connectivity index (χ1) is 21.1. The molecule has 0 fully saturated rings. The van der Waals surface area contributed by atoms with E-state index in [0.717, 1.165) is 66.4 Å². The molecule has 11 nitrogen and oxygen atoms in total. The molecule has 1 N–H and O–H groups in total. The van der Waals surface area contributed by atoms with Crippen LogP contribution in [-0.2, 0) is 35.0 Å². The van der Waals surface area contributed by atoms with Crippen LogP contribution in [-0.4, -0.2) is 134 Å². The van der Waals surface area contributed by atoms with E-state index in [-0.39, 0.29) is 0 Å². The van der Waals surface area contributed by atoms with Gasteiger partial charge in [0.15, 0.2) is 4.77 Å². The summed E-state index contributed by atoms with van der Waals surface area (Å²) in [6, 6.07) is 0. The molecular weight excluding hydrogens is 671 g/mol. The van der Waals surface area contributed by atoms with Crippen molar-refractivity contribution in [2.75, 3.05) is 111 Å². The van der Waals surface area contributed by atoms with Crippen LogP contribution in [0.25, 0.3) is 0 Å². The predicted octanol–water partition coefficient (Wildman–Crippen LogP) is 5.44. The number of ether oxygens (including phenoxy) is 6. The summed E-state index contributed by atoms with van der Waals surface area (Å²) in [5, 5.41) is 4.82. The van der Waals surface area contributed by atoms with E-state index < -0.39 is 0 Å². The Balaban J connectivity index is 1.67. The molecule has 3 heterocycles. The molecule has 0 amide bonds. The van der Waals surface area contributed by atoms with Gasteiger partial charge in [-0.1, -0.05) is 6.92 Å². The zero-order chi connectivity index (χ0) is 30.7. The number of hydrogen-bond donors (Lipinski definition) is 1. The third-order valence-corrected chi connectivity index (χ3v) is 12.2. The fourth-order valence-electron chi connectivity index (χ4n) is 4.01.